The third-order valence-electron chi connectivity index (χ3n) is 2.41. The number of carbonyl (C=O) groups excluding carboxylic acids is 3. The van der Waals surface area contributed by atoms with Crippen molar-refractivity contribution in [2.75, 3.05) is 5.75 Å². The van der Waals surface area contributed by atoms with E-state index in [9.17, 15) is 19.2 Å². The number of aliphatic carboxylic acids is 1. The number of hydrogen-bond acceptors (Lipinski definition) is 6. The predicted molar refractivity (Wildman–Crippen MR) is 77.4 cm³/mol. The Morgan fingerprint density at radius 1 is 1.19 bits per heavy atom. The van der Waals surface area contributed by atoms with Gasteiger partial charge in [-0.15, -0.1) is 0 Å². The highest BCUT2D eigenvalue weighted by molar-refractivity contribution is 7.80. The van der Waals surface area contributed by atoms with E-state index in [0.29, 0.717) is 0 Å². The average molecular weight is 320 g/mol. The summed E-state index contributed by atoms with van der Waals surface area (Å²) in [6.07, 6.45) is -0.480. The molecular formula is C11H20N4O5S. The van der Waals surface area contributed by atoms with E-state index in [1.807, 2.05) is 0 Å². The van der Waals surface area contributed by atoms with Crippen LogP contribution in [0.1, 0.15) is 20.3 Å². The Kier molecular flexibility index (Phi) is 7.16. The Morgan fingerprint density at radius 2 is 1.71 bits per heavy atom. The first-order valence-electron chi connectivity index (χ1n) is 6.01. The van der Waals surface area contributed by atoms with Gasteiger partial charge in [-0.3, -0.25) is 14.4 Å². The number of carboxylic acid groups (broad SMARTS) is 1. The van der Waals surface area contributed by atoms with Crippen LogP contribution in [0.5, 0.6) is 0 Å². The summed E-state index contributed by atoms with van der Waals surface area (Å²) in [5, 5.41) is 13.2. The molecule has 2 atom stereocenters. The van der Waals surface area contributed by atoms with Gasteiger partial charge in [0.15, 0.2) is 0 Å². The maximum Gasteiger partial charge on any atom is 0.327 e. The third-order valence-corrected chi connectivity index (χ3v) is 2.77. The van der Waals surface area contributed by atoms with Crippen molar-refractivity contribution in [3.05, 3.63) is 0 Å². The lowest BCUT2D eigenvalue weighted by Gasteiger charge is -2.24. The van der Waals surface area contributed by atoms with E-state index in [0.717, 1.165) is 0 Å². The molecule has 0 aliphatic heterocycles. The van der Waals surface area contributed by atoms with E-state index in [1.165, 1.54) is 13.8 Å². The normalized spacial score (nSPS) is 13.9. The molecule has 0 unspecified atom stereocenters. The molecule has 10 heteroatoms. The van der Waals surface area contributed by atoms with Crippen molar-refractivity contribution >= 4 is 36.3 Å². The highest BCUT2D eigenvalue weighted by atomic mass is 32.1. The van der Waals surface area contributed by atoms with Crippen LogP contribution in [-0.2, 0) is 19.2 Å². The Bertz CT molecular complexity index is 435. The molecule has 0 heterocycles. The number of hydrogen-bond donors (Lipinski definition) is 6. The smallest absolute Gasteiger partial charge is 0.327 e. The summed E-state index contributed by atoms with van der Waals surface area (Å²) in [5.41, 5.74) is 9.30. The quantitative estimate of drug-likeness (QED) is 0.272. The van der Waals surface area contributed by atoms with Gasteiger partial charge in [0.25, 0.3) is 0 Å². The fourth-order valence-electron chi connectivity index (χ4n) is 1.21. The zero-order chi connectivity index (χ0) is 16.8. The molecule has 0 aromatic carbocycles. The van der Waals surface area contributed by atoms with Gasteiger partial charge in [0, 0.05) is 5.75 Å². The van der Waals surface area contributed by atoms with Crippen LogP contribution in [0.3, 0.4) is 0 Å². The maximum atomic E-state index is 11.9. The summed E-state index contributed by atoms with van der Waals surface area (Å²) in [6.45, 7) is 2.82. The number of carbonyl (C=O) groups is 4. The first-order valence-corrected chi connectivity index (χ1v) is 6.64. The number of thiol groups is 1. The van der Waals surface area contributed by atoms with Crippen molar-refractivity contribution in [1.82, 2.24) is 10.6 Å². The minimum atomic E-state index is -1.31. The van der Waals surface area contributed by atoms with E-state index in [1.54, 1.807) is 0 Å². The van der Waals surface area contributed by atoms with Crippen LogP contribution in [0.2, 0.25) is 0 Å². The van der Waals surface area contributed by atoms with Crippen LogP contribution < -0.4 is 22.1 Å². The standard InChI is InChI=1S/C11H20N4O5S/c1-11(2,13)10(20)15-5(3-7(12)16)8(17)14-6(4-21)9(18)19/h5-6,21H,3-4,13H2,1-2H3,(H2,12,16)(H,14,17)(H,15,20)(H,18,19)/t5-,6-/m0/s1. The molecule has 0 aliphatic carbocycles. The van der Waals surface area contributed by atoms with Crippen molar-refractivity contribution in [2.24, 2.45) is 11.5 Å². The van der Waals surface area contributed by atoms with Gasteiger partial charge in [-0.05, 0) is 13.8 Å². The van der Waals surface area contributed by atoms with Gasteiger partial charge in [0.05, 0.1) is 12.0 Å². The molecule has 0 aromatic rings. The zero-order valence-corrected chi connectivity index (χ0v) is 12.6. The SMILES string of the molecule is CC(C)(N)C(=O)N[C@@H](CC(N)=O)C(=O)N[C@@H](CS)C(=O)O. The van der Waals surface area contributed by atoms with Gasteiger partial charge < -0.3 is 27.2 Å². The summed E-state index contributed by atoms with van der Waals surface area (Å²) < 4.78 is 0. The number of carboxylic acids is 1. The van der Waals surface area contributed by atoms with Gasteiger partial charge in [-0.1, -0.05) is 0 Å². The molecule has 0 bridgehead atoms. The molecule has 0 rings (SSSR count). The molecule has 120 valence electrons. The Labute approximate surface area is 127 Å². The molecule has 0 saturated heterocycles. The Balaban J connectivity index is 4.98. The Hall–Kier alpha value is -1.81. The van der Waals surface area contributed by atoms with Gasteiger partial charge in [-0.25, -0.2) is 4.79 Å². The van der Waals surface area contributed by atoms with E-state index in [4.69, 9.17) is 16.6 Å². The minimum absolute atomic E-state index is 0.152. The summed E-state index contributed by atoms with van der Waals surface area (Å²) in [6, 6.07) is -2.56. The number of amides is 3. The van der Waals surface area contributed by atoms with E-state index in [2.05, 4.69) is 23.3 Å². The molecule has 3 amide bonds. The van der Waals surface area contributed by atoms with Crippen molar-refractivity contribution in [3.8, 4) is 0 Å². The summed E-state index contributed by atoms with van der Waals surface area (Å²) in [4.78, 5) is 45.5. The van der Waals surface area contributed by atoms with Crippen molar-refractivity contribution in [3.63, 3.8) is 0 Å². The predicted octanol–water partition coefficient (Wildman–Crippen LogP) is -2.42. The lowest BCUT2D eigenvalue weighted by Crippen LogP contribution is -2.58. The number of primary amides is 1. The van der Waals surface area contributed by atoms with Crippen LogP contribution in [-0.4, -0.2) is 52.2 Å². The van der Waals surface area contributed by atoms with Crippen molar-refractivity contribution < 1.29 is 24.3 Å². The number of nitrogens with two attached hydrogens (primary N) is 2. The molecule has 21 heavy (non-hydrogen) atoms. The second-order valence-electron chi connectivity index (χ2n) is 5.00. The molecule has 7 N–H and O–H groups in total. The molecule has 0 aromatic heterocycles. The van der Waals surface area contributed by atoms with Crippen LogP contribution in [0, 0.1) is 0 Å². The van der Waals surface area contributed by atoms with E-state index >= 15 is 0 Å². The van der Waals surface area contributed by atoms with Crippen LogP contribution in [0.4, 0.5) is 0 Å². The highest BCUT2D eigenvalue weighted by Gasteiger charge is 2.30. The number of nitrogens with one attached hydrogen (secondary N) is 2. The van der Waals surface area contributed by atoms with Crippen LogP contribution in [0.25, 0.3) is 0 Å². The summed E-state index contributed by atoms with van der Waals surface area (Å²) >= 11 is 3.79. The molecule has 0 saturated carbocycles. The lowest BCUT2D eigenvalue weighted by atomic mass is 10.0. The second-order valence-corrected chi connectivity index (χ2v) is 5.37. The minimum Gasteiger partial charge on any atom is -0.480 e. The highest BCUT2D eigenvalue weighted by Crippen LogP contribution is 2.01. The average Bonchev–Trinajstić information content (AvgIpc) is 2.32. The van der Waals surface area contributed by atoms with Gasteiger partial charge in [-0.2, -0.15) is 12.6 Å². The first-order chi connectivity index (χ1) is 9.48. The fraction of sp³-hybridized carbons (Fsp3) is 0.636. The van der Waals surface area contributed by atoms with Gasteiger partial charge in [0.1, 0.15) is 12.1 Å². The van der Waals surface area contributed by atoms with Crippen molar-refractivity contribution in [2.45, 2.75) is 37.9 Å². The summed E-state index contributed by atoms with van der Waals surface area (Å²) in [7, 11) is 0. The van der Waals surface area contributed by atoms with E-state index < -0.39 is 47.7 Å². The maximum absolute atomic E-state index is 11.9. The molecule has 0 spiro atoms. The molecular weight excluding hydrogens is 300 g/mol. The second kappa shape index (κ2) is 7.84. The van der Waals surface area contributed by atoms with E-state index in [-0.39, 0.29) is 5.75 Å². The molecule has 0 fully saturated rings. The topological polar surface area (TPSA) is 165 Å². The van der Waals surface area contributed by atoms with Crippen molar-refractivity contribution in [1.29, 1.82) is 0 Å². The lowest BCUT2D eigenvalue weighted by molar-refractivity contribution is -0.141. The monoisotopic (exact) mass is 320 g/mol. The number of rotatable bonds is 8. The van der Waals surface area contributed by atoms with Gasteiger partial charge >= 0.3 is 5.97 Å². The third kappa shape index (κ3) is 6.95. The zero-order valence-electron chi connectivity index (χ0n) is 11.8. The van der Waals surface area contributed by atoms with Gasteiger partial charge in [0.2, 0.25) is 17.7 Å². The summed E-state index contributed by atoms with van der Waals surface area (Å²) in [5.74, 6) is -3.81. The Morgan fingerprint density at radius 3 is 2.05 bits per heavy atom. The largest absolute Gasteiger partial charge is 0.480 e. The fourth-order valence-corrected chi connectivity index (χ4v) is 1.46. The van der Waals surface area contributed by atoms with Crippen LogP contribution in [0.15, 0.2) is 0 Å². The molecule has 0 aliphatic rings. The first kappa shape index (κ1) is 19.2. The molecule has 9 nitrogen and oxygen atoms in total. The van der Waals surface area contributed by atoms with Crippen LogP contribution >= 0.6 is 12.6 Å². The molecule has 0 radical (unpaired) electrons.